The number of H-pyrrole nitrogens is 1. The number of aliphatic hydroxyl groups is 1. The molecule has 0 radical (unpaired) electrons. The van der Waals surface area contributed by atoms with E-state index in [1.165, 1.54) is 18.3 Å². The van der Waals surface area contributed by atoms with Crippen molar-refractivity contribution in [3.8, 4) is 11.4 Å². The Labute approximate surface area is 212 Å². The molecule has 0 fully saturated rings. The molecular weight excluding hydrogens is 516 g/mol. The molecule has 1 atom stereocenters. The Kier molecular flexibility index (Phi) is 7.11. The second-order valence-corrected chi connectivity index (χ2v) is 9.14. The van der Waals surface area contributed by atoms with Crippen molar-refractivity contribution in [2.75, 3.05) is 6.61 Å². The summed E-state index contributed by atoms with van der Waals surface area (Å²) in [7, 11) is 0. The molecule has 4 rings (SSSR count). The predicted octanol–water partition coefficient (Wildman–Crippen LogP) is 4.84. The van der Waals surface area contributed by atoms with Gasteiger partial charge in [0.2, 0.25) is 0 Å². The fourth-order valence-corrected chi connectivity index (χ4v) is 4.24. The summed E-state index contributed by atoms with van der Waals surface area (Å²) in [6.45, 7) is 1.80. The molecule has 2 heterocycles. The van der Waals surface area contributed by atoms with Gasteiger partial charge in [0.05, 0.1) is 11.1 Å². The average Bonchev–Trinajstić information content (AvgIpc) is 3.25. The summed E-state index contributed by atoms with van der Waals surface area (Å²) in [5.74, 6) is -6.73. The first-order valence-corrected chi connectivity index (χ1v) is 11.5. The minimum Gasteiger partial charge on any atom is -0.390 e. The molecule has 0 bridgehead atoms. The first-order valence-electron chi connectivity index (χ1n) is 11.1. The number of amides is 1. The number of rotatable bonds is 7. The number of aromatic nitrogens is 3. The van der Waals surface area contributed by atoms with Crippen molar-refractivity contribution >= 4 is 23.0 Å². The molecule has 0 aliphatic carbocycles. The molecule has 0 saturated heterocycles. The molecule has 2 aromatic carbocycles. The van der Waals surface area contributed by atoms with Gasteiger partial charge in [0.1, 0.15) is 29.8 Å². The zero-order chi connectivity index (χ0) is 27.1. The highest BCUT2D eigenvalue weighted by Gasteiger charge is 2.41. The van der Waals surface area contributed by atoms with Crippen molar-refractivity contribution in [2.24, 2.45) is 0 Å². The highest BCUT2D eigenvalue weighted by Crippen LogP contribution is 2.33. The second kappa shape index (κ2) is 9.98. The molecule has 0 aliphatic rings. The number of carbonyl (C=O) groups is 1. The minimum absolute atomic E-state index is 0.0291. The Balaban J connectivity index is 1.83. The summed E-state index contributed by atoms with van der Waals surface area (Å²) in [4.78, 5) is 28.8. The lowest BCUT2D eigenvalue weighted by molar-refractivity contribution is -0.0785. The van der Waals surface area contributed by atoms with Gasteiger partial charge in [0, 0.05) is 16.8 Å². The Hall–Kier alpha value is -3.70. The van der Waals surface area contributed by atoms with Crippen LogP contribution in [-0.2, 0) is 0 Å². The van der Waals surface area contributed by atoms with Gasteiger partial charge in [-0.3, -0.25) is 9.59 Å². The third kappa shape index (κ3) is 5.09. The van der Waals surface area contributed by atoms with Crippen LogP contribution in [0.25, 0.3) is 16.9 Å². The summed E-state index contributed by atoms with van der Waals surface area (Å²) >= 11 is 5.95. The molecular formula is C25H21ClF4N4O3. The van der Waals surface area contributed by atoms with E-state index in [1.807, 2.05) is 0 Å². The smallest absolute Gasteiger partial charge is 0.294 e. The SMILES string of the molecule is CC(C)c1c(C(=O)N[C@@H](c2ccc(F)cc2)C(F)(F)CO)cn2nc(-c3cc(Cl)ccc3F)[nH]c(=O)c12. The largest absolute Gasteiger partial charge is 0.390 e. The Morgan fingerprint density at radius 3 is 2.49 bits per heavy atom. The van der Waals surface area contributed by atoms with E-state index in [-0.39, 0.29) is 38.6 Å². The number of nitrogens with one attached hydrogen (secondary N) is 2. The molecule has 0 spiro atoms. The second-order valence-electron chi connectivity index (χ2n) is 8.71. The standard InChI is InChI=1S/C25H21ClF4N4O3/c1-12(2)19-17(23(36)31-21(25(29,30)11-35)13-3-6-15(27)7-4-13)10-34-20(19)24(37)32-22(33-34)16-9-14(26)5-8-18(16)28/h3-10,12,21,35H,11H2,1-2H3,(H,31,36)(H,32,33,37)/t21-/m0/s1. The van der Waals surface area contributed by atoms with Crippen molar-refractivity contribution in [3.63, 3.8) is 0 Å². The quantitative estimate of drug-likeness (QED) is 0.294. The van der Waals surface area contributed by atoms with Gasteiger partial charge in [-0.25, -0.2) is 22.1 Å². The van der Waals surface area contributed by atoms with E-state index < -0.39 is 47.6 Å². The molecule has 0 unspecified atom stereocenters. The van der Waals surface area contributed by atoms with Crippen molar-refractivity contribution in [3.05, 3.63) is 92.4 Å². The topological polar surface area (TPSA) is 99.5 Å². The molecule has 2 aromatic heterocycles. The van der Waals surface area contributed by atoms with Crippen LogP contribution in [0.1, 0.15) is 47.3 Å². The van der Waals surface area contributed by atoms with Crippen molar-refractivity contribution in [1.29, 1.82) is 0 Å². The van der Waals surface area contributed by atoms with Gasteiger partial charge in [-0.15, -0.1) is 5.10 Å². The summed E-state index contributed by atoms with van der Waals surface area (Å²) in [5, 5.41) is 15.9. The van der Waals surface area contributed by atoms with Crippen LogP contribution in [0.3, 0.4) is 0 Å². The van der Waals surface area contributed by atoms with E-state index in [0.717, 1.165) is 34.8 Å². The number of alkyl halides is 2. The molecule has 1 amide bonds. The van der Waals surface area contributed by atoms with Crippen molar-refractivity contribution in [2.45, 2.75) is 31.7 Å². The van der Waals surface area contributed by atoms with E-state index >= 15 is 0 Å². The van der Waals surface area contributed by atoms with Crippen molar-refractivity contribution < 1.29 is 27.5 Å². The molecule has 0 aliphatic heterocycles. The number of hydrogen-bond donors (Lipinski definition) is 3. The lowest BCUT2D eigenvalue weighted by Gasteiger charge is -2.27. The molecule has 37 heavy (non-hydrogen) atoms. The van der Waals surface area contributed by atoms with Crippen LogP contribution in [0.4, 0.5) is 17.6 Å². The number of carbonyl (C=O) groups excluding carboxylic acids is 1. The van der Waals surface area contributed by atoms with Crippen LogP contribution in [0, 0.1) is 11.6 Å². The molecule has 0 saturated carbocycles. The summed E-state index contributed by atoms with van der Waals surface area (Å²) < 4.78 is 58.1. The van der Waals surface area contributed by atoms with Gasteiger partial charge in [0.15, 0.2) is 5.82 Å². The number of benzene rings is 2. The summed E-state index contributed by atoms with van der Waals surface area (Å²) in [6.07, 6.45) is 1.18. The maximum Gasteiger partial charge on any atom is 0.294 e. The summed E-state index contributed by atoms with van der Waals surface area (Å²) in [5.41, 5.74) is -0.858. The van der Waals surface area contributed by atoms with Gasteiger partial charge in [0.25, 0.3) is 17.4 Å². The lowest BCUT2D eigenvalue weighted by Crippen LogP contribution is -2.43. The van der Waals surface area contributed by atoms with E-state index in [4.69, 9.17) is 11.6 Å². The molecule has 194 valence electrons. The zero-order valence-electron chi connectivity index (χ0n) is 19.5. The number of halogens is 5. The Morgan fingerprint density at radius 2 is 1.86 bits per heavy atom. The Bertz CT molecular complexity index is 1530. The number of nitrogens with zero attached hydrogens (tertiary/aromatic N) is 2. The van der Waals surface area contributed by atoms with Crippen LogP contribution in [0.5, 0.6) is 0 Å². The first kappa shape index (κ1) is 26.4. The maximum atomic E-state index is 14.6. The molecule has 4 aromatic rings. The first-order chi connectivity index (χ1) is 17.4. The molecule has 7 nitrogen and oxygen atoms in total. The monoisotopic (exact) mass is 536 g/mol. The fourth-order valence-electron chi connectivity index (χ4n) is 4.07. The zero-order valence-corrected chi connectivity index (χ0v) is 20.3. The molecule has 12 heteroatoms. The number of fused-ring (bicyclic) bond motifs is 1. The van der Waals surface area contributed by atoms with Gasteiger partial charge in [-0.05, 0) is 41.8 Å². The number of aromatic amines is 1. The summed E-state index contributed by atoms with van der Waals surface area (Å²) in [6, 6.07) is 5.74. The third-order valence-corrected chi connectivity index (χ3v) is 6.03. The van der Waals surface area contributed by atoms with Crippen LogP contribution >= 0.6 is 11.6 Å². The van der Waals surface area contributed by atoms with Gasteiger partial charge in [-0.1, -0.05) is 37.6 Å². The van der Waals surface area contributed by atoms with Crippen molar-refractivity contribution in [1.82, 2.24) is 19.9 Å². The predicted molar refractivity (Wildman–Crippen MR) is 129 cm³/mol. The van der Waals surface area contributed by atoms with E-state index in [2.05, 4.69) is 15.4 Å². The van der Waals surface area contributed by atoms with Crippen LogP contribution in [-0.4, -0.2) is 38.1 Å². The third-order valence-electron chi connectivity index (χ3n) is 5.80. The minimum atomic E-state index is -3.79. The number of aliphatic hydroxyl groups excluding tert-OH is 1. The average molecular weight is 537 g/mol. The number of hydrogen-bond acceptors (Lipinski definition) is 4. The van der Waals surface area contributed by atoms with Crippen LogP contribution < -0.4 is 10.9 Å². The fraction of sp³-hybridized carbons (Fsp3) is 0.240. The van der Waals surface area contributed by atoms with Crippen LogP contribution in [0.2, 0.25) is 5.02 Å². The van der Waals surface area contributed by atoms with Gasteiger partial charge < -0.3 is 15.4 Å². The maximum absolute atomic E-state index is 14.6. The normalized spacial score (nSPS) is 12.8. The Morgan fingerprint density at radius 1 is 1.19 bits per heavy atom. The van der Waals surface area contributed by atoms with E-state index in [9.17, 15) is 32.3 Å². The molecule has 3 N–H and O–H groups in total. The van der Waals surface area contributed by atoms with Gasteiger partial charge in [-0.2, -0.15) is 0 Å². The van der Waals surface area contributed by atoms with Gasteiger partial charge >= 0.3 is 0 Å². The van der Waals surface area contributed by atoms with E-state index in [1.54, 1.807) is 13.8 Å². The van der Waals surface area contributed by atoms with E-state index in [0.29, 0.717) is 0 Å². The highest BCUT2D eigenvalue weighted by molar-refractivity contribution is 6.30. The van der Waals surface area contributed by atoms with Crippen LogP contribution in [0.15, 0.2) is 53.5 Å². The highest BCUT2D eigenvalue weighted by atomic mass is 35.5. The lowest BCUT2D eigenvalue weighted by atomic mass is 9.97.